The van der Waals surface area contributed by atoms with Gasteiger partial charge in [0.05, 0.1) is 4.92 Å². The van der Waals surface area contributed by atoms with E-state index < -0.39 is 16.4 Å². The van der Waals surface area contributed by atoms with Crippen molar-refractivity contribution in [3.63, 3.8) is 0 Å². The molecule has 1 aromatic carbocycles. The first-order chi connectivity index (χ1) is 9.02. The summed E-state index contributed by atoms with van der Waals surface area (Å²) in [5.41, 5.74) is 0.194. The summed E-state index contributed by atoms with van der Waals surface area (Å²) in [6.45, 7) is 3.40. The van der Waals surface area contributed by atoms with E-state index in [0.29, 0.717) is 12.1 Å². The average Bonchev–Trinajstić information content (AvgIpc) is 2.78. The van der Waals surface area contributed by atoms with Crippen LogP contribution in [0.15, 0.2) is 18.2 Å². The molecule has 1 aliphatic rings. The van der Waals surface area contributed by atoms with E-state index in [1.807, 2.05) is 0 Å². The van der Waals surface area contributed by atoms with Crippen molar-refractivity contribution < 1.29 is 9.31 Å². The number of nitro benzene ring substituents is 1. The van der Waals surface area contributed by atoms with Crippen LogP contribution in [-0.4, -0.2) is 11.5 Å². The Morgan fingerprint density at radius 1 is 1.42 bits per heavy atom. The zero-order chi connectivity index (χ0) is 13.9. The smallest absolute Gasteiger partial charge is 0.305 e. The van der Waals surface area contributed by atoms with Crippen LogP contribution in [0.2, 0.25) is 0 Å². The third-order valence-electron chi connectivity index (χ3n) is 3.93. The number of nitro groups is 1. The minimum absolute atomic E-state index is 0.289. The molecule has 1 aromatic rings. The maximum atomic E-state index is 13.8. The van der Waals surface area contributed by atoms with Crippen molar-refractivity contribution >= 4 is 5.69 Å². The van der Waals surface area contributed by atoms with E-state index in [2.05, 4.69) is 12.2 Å². The summed E-state index contributed by atoms with van der Waals surface area (Å²) in [5, 5.41) is 13.9. The van der Waals surface area contributed by atoms with Gasteiger partial charge < -0.3 is 5.32 Å². The van der Waals surface area contributed by atoms with Gasteiger partial charge in [0.25, 0.3) is 0 Å². The first-order valence-corrected chi connectivity index (χ1v) is 6.64. The largest absolute Gasteiger partial charge is 0.312 e. The molecule has 104 valence electrons. The Balaban J connectivity index is 1.96. The number of nitrogens with zero attached hydrogens (tertiary/aromatic N) is 1. The fourth-order valence-electron chi connectivity index (χ4n) is 2.75. The number of rotatable bonds is 5. The topological polar surface area (TPSA) is 55.2 Å². The third-order valence-corrected chi connectivity index (χ3v) is 3.93. The van der Waals surface area contributed by atoms with Crippen molar-refractivity contribution in [2.24, 2.45) is 5.41 Å². The highest BCUT2D eigenvalue weighted by Gasteiger charge is 2.28. The Hall–Kier alpha value is -1.49. The highest BCUT2D eigenvalue weighted by Crippen LogP contribution is 2.36. The predicted octanol–water partition coefficient (Wildman–Crippen LogP) is 3.40. The molecule has 0 aromatic heterocycles. The monoisotopic (exact) mass is 266 g/mol. The van der Waals surface area contributed by atoms with E-state index in [1.54, 1.807) is 6.07 Å². The molecular weight excluding hydrogens is 247 g/mol. The summed E-state index contributed by atoms with van der Waals surface area (Å²) >= 11 is 0. The summed E-state index contributed by atoms with van der Waals surface area (Å²) in [5.74, 6) is -0.725. The molecule has 0 saturated heterocycles. The van der Waals surface area contributed by atoms with E-state index in [-0.39, 0.29) is 5.41 Å². The van der Waals surface area contributed by atoms with Gasteiger partial charge in [-0.3, -0.25) is 10.1 Å². The molecule has 1 N–H and O–H groups in total. The van der Waals surface area contributed by atoms with Gasteiger partial charge in [0, 0.05) is 24.7 Å². The summed E-state index contributed by atoms with van der Waals surface area (Å²) in [7, 11) is 0. The molecule has 0 unspecified atom stereocenters. The predicted molar refractivity (Wildman–Crippen MR) is 71.3 cm³/mol. The van der Waals surface area contributed by atoms with Crippen LogP contribution in [0.4, 0.5) is 10.1 Å². The van der Waals surface area contributed by atoms with Gasteiger partial charge in [-0.2, -0.15) is 4.39 Å². The van der Waals surface area contributed by atoms with E-state index in [0.717, 1.165) is 6.54 Å². The normalized spacial score (nSPS) is 17.6. The third kappa shape index (κ3) is 3.29. The van der Waals surface area contributed by atoms with Crippen molar-refractivity contribution in [3.8, 4) is 0 Å². The van der Waals surface area contributed by atoms with Gasteiger partial charge in [0.1, 0.15) is 0 Å². The van der Waals surface area contributed by atoms with E-state index in [9.17, 15) is 14.5 Å². The lowest BCUT2D eigenvalue weighted by atomic mass is 9.89. The molecule has 0 spiro atoms. The first kappa shape index (κ1) is 13.9. The number of nitrogens with one attached hydrogen (secondary N) is 1. The van der Waals surface area contributed by atoms with Crippen molar-refractivity contribution in [1.82, 2.24) is 5.32 Å². The molecule has 0 amide bonds. The van der Waals surface area contributed by atoms with Crippen LogP contribution in [0.3, 0.4) is 0 Å². The Kier molecular flexibility index (Phi) is 4.14. The molecule has 5 heteroatoms. The Bertz CT molecular complexity index is 471. The fraction of sp³-hybridized carbons (Fsp3) is 0.571. The van der Waals surface area contributed by atoms with Crippen LogP contribution in [-0.2, 0) is 6.54 Å². The van der Waals surface area contributed by atoms with Gasteiger partial charge in [-0.25, -0.2) is 0 Å². The number of hydrogen-bond donors (Lipinski definition) is 1. The van der Waals surface area contributed by atoms with E-state index in [4.69, 9.17) is 0 Å². The summed E-state index contributed by atoms with van der Waals surface area (Å²) in [6, 6.07) is 4.30. The second kappa shape index (κ2) is 5.65. The Morgan fingerprint density at radius 2 is 2.11 bits per heavy atom. The van der Waals surface area contributed by atoms with Gasteiger partial charge in [-0.1, -0.05) is 31.9 Å². The van der Waals surface area contributed by atoms with Crippen molar-refractivity contribution in [1.29, 1.82) is 0 Å². The van der Waals surface area contributed by atoms with Crippen molar-refractivity contribution in [2.75, 3.05) is 6.54 Å². The lowest BCUT2D eigenvalue weighted by Crippen LogP contribution is -2.29. The molecule has 0 heterocycles. The minimum atomic E-state index is -0.725. The van der Waals surface area contributed by atoms with Crippen molar-refractivity contribution in [3.05, 3.63) is 39.7 Å². The maximum Gasteiger partial charge on any atom is 0.305 e. The highest BCUT2D eigenvalue weighted by atomic mass is 19.1. The molecule has 0 radical (unpaired) electrons. The van der Waals surface area contributed by atoms with Gasteiger partial charge in [-0.05, 0) is 18.3 Å². The molecular formula is C14H19FN2O2. The molecule has 19 heavy (non-hydrogen) atoms. The van der Waals surface area contributed by atoms with E-state index in [1.165, 1.54) is 37.8 Å². The van der Waals surface area contributed by atoms with Crippen LogP contribution >= 0.6 is 0 Å². The average molecular weight is 266 g/mol. The van der Waals surface area contributed by atoms with Gasteiger partial charge in [-0.15, -0.1) is 0 Å². The first-order valence-electron chi connectivity index (χ1n) is 6.64. The molecule has 4 nitrogen and oxygen atoms in total. The van der Waals surface area contributed by atoms with E-state index >= 15 is 0 Å². The van der Waals surface area contributed by atoms with Crippen LogP contribution in [0, 0.1) is 21.3 Å². The minimum Gasteiger partial charge on any atom is -0.312 e. The van der Waals surface area contributed by atoms with Gasteiger partial charge >= 0.3 is 5.69 Å². The summed E-state index contributed by atoms with van der Waals surface area (Å²) in [6.07, 6.45) is 4.89. The lowest BCUT2D eigenvalue weighted by Gasteiger charge is -2.23. The van der Waals surface area contributed by atoms with Crippen LogP contribution in [0.1, 0.15) is 38.2 Å². The SMILES string of the molecule is CC1(CNCc2cccc([N+](=O)[O-])c2F)CCCC1. The zero-order valence-corrected chi connectivity index (χ0v) is 11.1. The molecule has 0 aliphatic heterocycles. The van der Waals surface area contributed by atoms with Crippen molar-refractivity contribution in [2.45, 2.75) is 39.2 Å². The maximum absolute atomic E-state index is 13.8. The molecule has 0 bridgehead atoms. The quantitative estimate of drug-likeness (QED) is 0.656. The number of hydrogen-bond acceptors (Lipinski definition) is 3. The molecule has 1 saturated carbocycles. The Labute approximate surface area is 112 Å². The zero-order valence-electron chi connectivity index (χ0n) is 11.1. The molecule has 2 rings (SSSR count). The van der Waals surface area contributed by atoms with Crippen LogP contribution in [0.25, 0.3) is 0 Å². The van der Waals surface area contributed by atoms with Crippen LogP contribution in [0.5, 0.6) is 0 Å². The molecule has 1 fully saturated rings. The Morgan fingerprint density at radius 3 is 2.74 bits per heavy atom. The number of benzene rings is 1. The molecule has 1 aliphatic carbocycles. The second-order valence-electron chi connectivity index (χ2n) is 5.63. The second-order valence-corrected chi connectivity index (χ2v) is 5.63. The lowest BCUT2D eigenvalue weighted by molar-refractivity contribution is -0.387. The standard InChI is InChI=1S/C14H19FN2O2/c1-14(7-2-3-8-14)10-16-9-11-5-4-6-12(13(11)15)17(18)19/h4-6,16H,2-3,7-10H2,1H3. The van der Waals surface area contributed by atoms with Gasteiger partial charge in [0.2, 0.25) is 5.82 Å². The highest BCUT2D eigenvalue weighted by molar-refractivity contribution is 5.36. The summed E-state index contributed by atoms with van der Waals surface area (Å²) < 4.78 is 13.8. The molecule has 0 atom stereocenters. The van der Waals surface area contributed by atoms with Crippen LogP contribution < -0.4 is 5.32 Å². The number of halogens is 1. The fourth-order valence-corrected chi connectivity index (χ4v) is 2.75. The van der Waals surface area contributed by atoms with Gasteiger partial charge in [0.15, 0.2) is 0 Å². The summed E-state index contributed by atoms with van der Waals surface area (Å²) in [4.78, 5) is 9.97.